The van der Waals surface area contributed by atoms with Crippen molar-refractivity contribution in [1.82, 2.24) is 9.55 Å². The number of carbonyl (C=O) groups excluding carboxylic acids is 1. The van der Waals surface area contributed by atoms with Crippen molar-refractivity contribution in [1.29, 1.82) is 0 Å². The number of imidazole rings is 1. The molecular weight excluding hydrogens is 755 g/mol. The number of nitrogens with zero attached hydrogens (tertiary/aromatic N) is 2. The summed E-state index contributed by atoms with van der Waals surface area (Å²) in [6.45, 7) is 21.8. The fourth-order valence-corrected chi connectivity index (χ4v) is 6.47. The molecule has 0 spiro atoms. The van der Waals surface area contributed by atoms with Crippen molar-refractivity contribution in [2.45, 2.75) is 107 Å². The summed E-state index contributed by atoms with van der Waals surface area (Å²) in [6.07, 6.45) is 7.96. The number of allylic oxidation sites excluding steroid dienone is 2. The van der Waals surface area contributed by atoms with Gasteiger partial charge in [0.25, 0.3) is 0 Å². The normalized spacial score (nSPS) is 12.7. The molecule has 252 valence electrons. The third-order valence-electron chi connectivity index (χ3n) is 9.07. The summed E-state index contributed by atoms with van der Waals surface area (Å²) in [5, 5.41) is 12.2. The second-order valence-electron chi connectivity index (χ2n) is 15.0. The van der Waals surface area contributed by atoms with E-state index in [4.69, 9.17) is 4.98 Å². The molecule has 5 rings (SSSR count). The van der Waals surface area contributed by atoms with Crippen LogP contribution in [0.2, 0.25) is 0 Å². The van der Waals surface area contributed by atoms with Crippen molar-refractivity contribution in [2.75, 3.05) is 0 Å². The fraction of sp³-hybridized carbons (Fsp3) is 0.463. The number of aliphatic hydroxyl groups excluding tert-OH is 1. The third-order valence-corrected chi connectivity index (χ3v) is 9.07. The average molecular weight is 809 g/mol. The molecule has 3 aromatic carbocycles. The van der Waals surface area contributed by atoms with Gasteiger partial charge < -0.3 is 9.67 Å². The number of rotatable bonds is 9. The number of aromatic nitrogens is 2. The Morgan fingerprint density at radius 1 is 0.936 bits per heavy atom. The van der Waals surface area contributed by atoms with Crippen LogP contribution in [0.15, 0.2) is 66.6 Å². The summed E-state index contributed by atoms with van der Waals surface area (Å²) in [6, 6.07) is 21.3. The van der Waals surface area contributed by atoms with Gasteiger partial charge in [-0.2, -0.15) is 0 Å². The minimum Gasteiger partial charge on any atom is -0.512 e. The van der Waals surface area contributed by atoms with Gasteiger partial charge in [0.15, 0.2) is 5.78 Å². The molecule has 0 saturated heterocycles. The van der Waals surface area contributed by atoms with E-state index in [9.17, 15) is 9.90 Å². The van der Waals surface area contributed by atoms with Crippen molar-refractivity contribution in [2.24, 2.45) is 17.3 Å². The second-order valence-corrected chi connectivity index (χ2v) is 15.0. The predicted molar refractivity (Wildman–Crippen MR) is 196 cm³/mol. The maximum Gasteiger partial charge on any atom is 0.218 e. The zero-order chi connectivity index (χ0) is 33.8. The van der Waals surface area contributed by atoms with Crippen molar-refractivity contribution in [3.63, 3.8) is 0 Å². The molecule has 47 heavy (non-hydrogen) atoms. The van der Waals surface area contributed by atoms with Crippen molar-refractivity contribution in [3.05, 3.63) is 83.8 Å². The molecule has 0 aliphatic carbocycles. The van der Waals surface area contributed by atoms with Crippen LogP contribution in [0.25, 0.3) is 27.8 Å². The van der Waals surface area contributed by atoms with Crippen molar-refractivity contribution < 1.29 is 30.0 Å². The molecule has 0 atom stereocenters. The third kappa shape index (κ3) is 9.15. The van der Waals surface area contributed by atoms with E-state index in [1.807, 2.05) is 33.9 Å². The van der Waals surface area contributed by atoms with Crippen molar-refractivity contribution in [3.8, 4) is 17.1 Å². The minimum atomic E-state index is 0. The number of ketones is 1. The van der Waals surface area contributed by atoms with E-state index in [2.05, 4.69) is 108 Å². The molecule has 1 aromatic heterocycles. The van der Waals surface area contributed by atoms with Crippen LogP contribution < -0.4 is 11.1 Å². The van der Waals surface area contributed by atoms with E-state index in [1.165, 1.54) is 33.7 Å². The zero-order valence-corrected chi connectivity index (χ0v) is 32.5. The van der Waals surface area contributed by atoms with E-state index in [0.717, 1.165) is 54.5 Å². The summed E-state index contributed by atoms with van der Waals surface area (Å²) in [5.74, 6) is 1.51. The number of aliphatic hydroxyl groups is 1. The Labute approximate surface area is 298 Å². The molecule has 6 heteroatoms. The van der Waals surface area contributed by atoms with Gasteiger partial charge in [-0.05, 0) is 60.2 Å². The zero-order valence-electron chi connectivity index (χ0n) is 30.1. The van der Waals surface area contributed by atoms with Gasteiger partial charge in [-0.3, -0.25) is 9.78 Å². The fourth-order valence-electron chi connectivity index (χ4n) is 6.47. The van der Waals surface area contributed by atoms with Gasteiger partial charge in [-0.1, -0.05) is 116 Å². The summed E-state index contributed by atoms with van der Waals surface area (Å²) >= 11 is 0. The Morgan fingerprint density at radius 2 is 1.57 bits per heavy atom. The van der Waals surface area contributed by atoms with Gasteiger partial charge in [0.2, 0.25) is 7.28 Å². The first-order valence-corrected chi connectivity index (χ1v) is 17.2. The molecule has 0 bridgehead atoms. The Hall–Kier alpha value is -2.95. The number of fused-ring (bicyclic) bond motifs is 4. The van der Waals surface area contributed by atoms with Crippen LogP contribution in [0.3, 0.4) is 0 Å². The van der Waals surface area contributed by atoms with Gasteiger partial charge in [0, 0.05) is 49.9 Å². The molecule has 1 N–H and O–H groups in total. The van der Waals surface area contributed by atoms with Crippen LogP contribution in [-0.4, -0.2) is 27.7 Å². The molecular formula is C41H53BIrN2O2-. The Kier molecular flexibility index (Phi) is 13.1. The maximum atomic E-state index is 11.7. The molecule has 2 radical (unpaired) electrons. The van der Waals surface area contributed by atoms with Gasteiger partial charge in [-0.15, -0.1) is 29.1 Å². The first-order chi connectivity index (χ1) is 21.7. The average Bonchev–Trinajstić information content (AvgIpc) is 3.56. The van der Waals surface area contributed by atoms with Crippen molar-refractivity contribution >= 4 is 34.9 Å². The number of hydrogen-bond donors (Lipinski definition) is 1. The van der Waals surface area contributed by atoms with E-state index >= 15 is 0 Å². The molecule has 0 fully saturated rings. The number of hydrogen-bond acceptors (Lipinski definition) is 3. The molecule has 4 aromatic rings. The summed E-state index contributed by atoms with van der Waals surface area (Å²) in [5.41, 5.74) is 7.70. The largest absolute Gasteiger partial charge is 0.512 e. The SMILES string of the molecule is CC(C)(C)Cc1ccc2c(c1)[B]c1cnc(-c3[c-]c4ccccc4c(C(C)(C)C)c3)n1-2.CCC(CC)C(=O)/C=C(\O)C(CC)CC.[Ir]. The first kappa shape index (κ1) is 38.5. The van der Waals surface area contributed by atoms with Gasteiger partial charge in [0.1, 0.15) is 0 Å². The van der Waals surface area contributed by atoms with Crippen LogP contribution in [0.1, 0.15) is 106 Å². The van der Waals surface area contributed by atoms with Crippen LogP contribution in [0.4, 0.5) is 0 Å². The number of benzene rings is 3. The van der Waals surface area contributed by atoms with Crippen LogP contribution in [0.5, 0.6) is 0 Å². The molecule has 1 aliphatic rings. The van der Waals surface area contributed by atoms with E-state index in [-0.39, 0.29) is 54.3 Å². The Balaban J connectivity index is 0.000000322. The van der Waals surface area contributed by atoms with Crippen LogP contribution >= 0.6 is 0 Å². The maximum absolute atomic E-state index is 11.7. The molecule has 4 nitrogen and oxygen atoms in total. The van der Waals surface area contributed by atoms with Gasteiger partial charge in [-0.25, -0.2) is 0 Å². The quantitative estimate of drug-likeness (QED) is 0.0700. The Bertz CT molecular complexity index is 1700. The first-order valence-electron chi connectivity index (χ1n) is 17.2. The summed E-state index contributed by atoms with van der Waals surface area (Å²) < 4.78 is 2.28. The molecule has 0 saturated carbocycles. The second kappa shape index (κ2) is 16.0. The molecule has 2 heterocycles. The topological polar surface area (TPSA) is 55.1 Å². The molecule has 0 amide bonds. The van der Waals surface area contributed by atoms with E-state index < -0.39 is 0 Å². The molecule has 0 unspecified atom stereocenters. The predicted octanol–water partition coefficient (Wildman–Crippen LogP) is 9.21. The Morgan fingerprint density at radius 3 is 2.17 bits per heavy atom. The number of carbonyl (C=O) groups is 1. The summed E-state index contributed by atoms with van der Waals surface area (Å²) in [4.78, 5) is 16.5. The van der Waals surface area contributed by atoms with E-state index in [1.54, 1.807) is 0 Å². The van der Waals surface area contributed by atoms with Crippen LogP contribution in [-0.2, 0) is 36.7 Å². The van der Waals surface area contributed by atoms with Gasteiger partial charge >= 0.3 is 0 Å². The standard InChI is InChI=1S/C28H29BN2.C13H24O2.Ir/c1-27(2,3)16-18-11-12-24-23(13-18)29-25-17-30-26(31(24)25)20-14-19-9-7-8-10-21(19)22(15-20)28(4,5)6;1-5-10(6-2)12(14)9-13(15)11(7-3)8-4;/h7-13,15,17H,16H2,1-6H3;9-11,14H,5-8H2,1-4H3;/q-1;;/b;12-9-;. The van der Waals surface area contributed by atoms with Gasteiger partial charge in [0.05, 0.1) is 11.6 Å². The monoisotopic (exact) mass is 809 g/mol. The smallest absolute Gasteiger partial charge is 0.218 e. The van der Waals surface area contributed by atoms with Crippen LogP contribution in [0, 0.1) is 23.3 Å². The van der Waals surface area contributed by atoms with E-state index in [0.29, 0.717) is 0 Å². The summed E-state index contributed by atoms with van der Waals surface area (Å²) in [7, 11) is 2.25. The molecule has 1 aliphatic heterocycles. The minimum absolute atomic E-state index is 0.